The molecule has 0 aliphatic heterocycles. The summed E-state index contributed by atoms with van der Waals surface area (Å²) in [4.78, 5) is 35.2. The summed E-state index contributed by atoms with van der Waals surface area (Å²) in [7, 11) is 0. The van der Waals surface area contributed by atoms with E-state index in [1.54, 1.807) is 6.07 Å². The fraction of sp³-hybridized carbons (Fsp3) is 0.278. The summed E-state index contributed by atoms with van der Waals surface area (Å²) in [6.07, 6.45) is -0.993. The lowest BCUT2D eigenvalue weighted by molar-refractivity contribution is -0.485. The molecule has 2 aromatic rings. The second-order valence-corrected chi connectivity index (χ2v) is 6.09. The Morgan fingerprint density at radius 3 is 2.55 bits per heavy atom. The van der Waals surface area contributed by atoms with E-state index in [0.717, 1.165) is 10.8 Å². The number of carboxylic acid groups (broad SMARTS) is 1. The predicted molar refractivity (Wildman–Crippen MR) is 104 cm³/mol. The molecule has 5 N–H and O–H groups in total. The van der Waals surface area contributed by atoms with Crippen LogP contribution < -0.4 is 11.5 Å². The Bertz CT molecular complexity index is 932. The number of hydrazone groups is 1. The van der Waals surface area contributed by atoms with Gasteiger partial charge in [-0.05, 0) is 41.8 Å². The van der Waals surface area contributed by atoms with E-state index in [1.807, 2.05) is 36.4 Å². The first-order chi connectivity index (χ1) is 13.8. The van der Waals surface area contributed by atoms with Gasteiger partial charge >= 0.3 is 12.1 Å². The number of guanidine groups is 1. The van der Waals surface area contributed by atoms with Crippen molar-refractivity contribution < 1.29 is 24.5 Å². The standard InChI is InChI=1S/C18H21N5O6/c19-9-3-6-15(16(24)25)22(17(20)21-23(27)28)18(26)29-11-12-7-8-13-4-1-2-5-14(13)10-12/h1-2,4-5,7-8,10,15H,3,6,9,11,19H2,(H2,20,21)(H,24,25). The highest BCUT2D eigenvalue weighted by molar-refractivity contribution is 5.97. The van der Waals surface area contributed by atoms with Gasteiger partial charge in [0.15, 0.2) is 5.03 Å². The van der Waals surface area contributed by atoms with E-state index < -0.39 is 29.1 Å². The Labute approximate surface area is 165 Å². The highest BCUT2D eigenvalue weighted by atomic mass is 16.7. The van der Waals surface area contributed by atoms with Crippen LogP contribution >= 0.6 is 0 Å². The van der Waals surface area contributed by atoms with Gasteiger partial charge in [-0.15, -0.1) is 0 Å². The number of carbonyl (C=O) groups is 2. The molecule has 1 amide bonds. The van der Waals surface area contributed by atoms with Crippen LogP contribution in [0.3, 0.4) is 0 Å². The van der Waals surface area contributed by atoms with Gasteiger partial charge in [0.2, 0.25) is 0 Å². The van der Waals surface area contributed by atoms with E-state index in [0.29, 0.717) is 10.5 Å². The van der Waals surface area contributed by atoms with Gasteiger partial charge in [0.25, 0.3) is 5.96 Å². The molecule has 2 rings (SSSR count). The van der Waals surface area contributed by atoms with Gasteiger partial charge in [-0.25, -0.2) is 24.6 Å². The topological polar surface area (TPSA) is 174 Å². The zero-order chi connectivity index (χ0) is 21.4. The van der Waals surface area contributed by atoms with E-state index in [4.69, 9.17) is 16.2 Å². The van der Waals surface area contributed by atoms with Crippen LogP contribution in [-0.4, -0.2) is 45.6 Å². The molecule has 0 saturated carbocycles. The quantitative estimate of drug-likeness (QED) is 0.257. The maximum Gasteiger partial charge on any atom is 0.417 e. The molecule has 2 aromatic carbocycles. The van der Waals surface area contributed by atoms with Crippen molar-refractivity contribution in [1.82, 2.24) is 4.90 Å². The third-order valence-corrected chi connectivity index (χ3v) is 4.08. The summed E-state index contributed by atoms with van der Waals surface area (Å²) in [5.41, 5.74) is 11.6. The van der Waals surface area contributed by atoms with Crippen molar-refractivity contribution in [2.45, 2.75) is 25.5 Å². The zero-order valence-electron chi connectivity index (χ0n) is 15.4. The van der Waals surface area contributed by atoms with Gasteiger partial charge in [-0.1, -0.05) is 36.4 Å². The number of amides is 1. The van der Waals surface area contributed by atoms with Crippen LogP contribution in [0.5, 0.6) is 0 Å². The third kappa shape index (κ3) is 5.87. The molecule has 0 spiro atoms. The van der Waals surface area contributed by atoms with E-state index in [9.17, 15) is 24.8 Å². The van der Waals surface area contributed by atoms with Crippen LogP contribution in [0.1, 0.15) is 18.4 Å². The van der Waals surface area contributed by atoms with Crippen molar-refractivity contribution in [3.05, 3.63) is 58.1 Å². The summed E-state index contributed by atoms with van der Waals surface area (Å²) in [5.74, 6) is -2.30. The second kappa shape index (κ2) is 9.99. The lowest BCUT2D eigenvalue weighted by atomic mass is 10.1. The molecule has 1 atom stereocenters. The van der Waals surface area contributed by atoms with Crippen LogP contribution in [0.2, 0.25) is 0 Å². The lowest BCUT2D eigenvalue weighted by Crippen LogP contribution is -2.52. The Morgan fingerprint density at radius 1 is 1.24 bits per heavy atom. The van der Waals surface area contributed by atoms with E-state index in [-0.39, 0.29) is 26.0 Å². The fourth-order valence-corrected chi connectivity index (χ4v) is 2.73. The lowest BCUT2D eigenvalue weighted by Gasteiger charge is -2.25. The van der Waals surface area contributed by atoms with Gasteiger partial charge < -0.3 is 21.3 Å². The van der Waals surface area contributed by atoms with Crippen molar-refractivity contribution in [3.8, 4) is 0 Å². The molecule has 154 valence electrons. The minimum absolute atomic E-state index is 0.0785. The number of hydrogen-bond donors (Lipinski definition) is 3. The van der Waals surface area contributed by atoms with Crippen molar-refractivity contribution in [3.63, 3.8) is 0 Å². The van der Waals surface area contributed by atoms with E-state index in [2.05, 4.69) is 5.10 Å². The van der Waals surface area contributed by atoms with Gasteiger partial charge in [0.1, 0.15) is 17.8 Å². The zero-order valence-corrected chi connectivity index (χ0v) is 15.4. The number of carbonyl (C=O) groups excluding carboxylic acids is 1. The van der Waals surface area contributed by atoms with E-state index in [1.165, 1.54) is 0 Å². The van der Waals surface area contributed by atoms with Gasteiger partial charge in [-0.2, -0.15) is 0 Å². The average Bonchev–Trinajstić information content (AvgIpc) is 2.68. The van der Waals surface area contributed by atoms with E-state index >= 15 is 0 Å². The number of nitrogens with two attached hydrogens (primary N) is 2. The Balaban J connectivity index is 2.22. The molecule has 0 radical (unpaired) electrons. The number of carboxylic acids is 1. The second-order valence-electron chi connectivity index (χ2n) is 6.09. The minimum Gasteiger partial charge on any atom is -0.480 e. The third-order valence-electron chi connectivity index (χ3n) is 4.08. The molecule has 0 aromatic heterocycles. The first-order valence-electron chi connectivity index (χ1n) is 8.68. The molecule has 0 heterocycles. The predicted octanol–water partition coefficient (Wildman–Crippen LogP) is 1.48. The summed E-state index contributed by atoms with van der Waals surface area (Å²) in [6, 6.07) is 11.5. The fourth-order valence-electron chi connectivity index (χ4n) is 2.73. The van der Waals surface area contributed by atoms with Crippen LogP contribution in [0.4, 0.5) is 4.79 Å². The van der Waals surface area contributed by atoms with Crippen molar-refractivity contribution in [1.29, 1.82) is 0 Å². The molecule has 0 aliphatic carbocycles. The number of hydrogen-bond acceptors (Lipinski definition) is 6. The molecular formula is C18H21N5O6. The molecule has 0 bridgehead atoms. The highest BCUT2D eigenvalue weighted by Crippen LogP contribution is 2.17. The number of nitrogens with zero attached hydrogens (tertiary/aromatic N) is 3. The Hall–Kier alpha value is -3.73. The first-order valence-corrected chi connectivity index (χ1v) is 8.68. The smallest absolute Gasteiger partial charge is 0.417 e. The number of nitro groups is 1. The summed E-state index contributed by atoms with van der Waals surface area (Å²) in [6.45, 7) is -0.0226. The maximum absolute atomic E-state index is 12.5. The number of benzene rings is 2. The van der Waals surface area contributed by atoms with Crippen LogP contribution in [-0.2, 0) is 16.1 Å². The van der Waals surface area contributed by atoms with Crippen LogP contribution in [0.25, 0.3) is 10.8 Å². The van der Waals surface area contributed by atoms with Crippen LogP contribution in [0.15, 0.2) is 47.6 Å². The summed E-state index contributed by atoms with van der Waals surface area (Å²) < 4.78 is 5.16. The number of ether oxygens (including phenoxy) is 1. The van der Waals surface area contributed by atoms with Crippen LogP contribution in [0, 0.1) is 10.1 Å². The number of aliphatic carboxylic acids is 1. The van der Waals surface area contributed by atoms with Crippen molar-refractivity contribution in [2.75, 3.05) is 6.54 Å². The Morgan fingerprint density at radius 2 is 1.93 bits per heavy atom. The molecule has 11 nitrogen and oxygen atoms in total. The normalized spacial score (nSPS) is 12.4. The molecule has 0 aliphatic rings. The molecular weight excluding hydrogens is 382 g/mol. The maximum atomic E-state index is 12.5. The molecule has 29 heavy (non-hydrogen) atoms. The highest BCUT2D eigenvalue weighted by Gasteiger charge is 2.35. The SMILES string of the molecule is NCCCC(C(=O)O)N(C(=O)OCc1ccc2ccccc2c1)/C(N)=N\[N+](=O)[O-]. The first kappa shape index (κ1) is 21.6. The van der Waals surface area contributed by atoms with Gasteiger partial charge in [0.05, 0.1) is 0 Å². The average molecular weight is 403 g/mol. The number of fused-ring (bicyclic) bond motifs is 1. The van der Waals surface area contributed by atoms with Gasteiger partial charge in [0, 0.05) is 0 Å². The van der Waals surface area contributed by atoms with Crippen molar-refractivity contribution >= 4 is 28.8 Å². The monoisotopic (exact) mass is 403 g/mol. The van der Waals surface area contributed by atoms with Crippen molar-refractivity contribution in [2.24, 2.45) is 16.6 Å². The molecule has 0 saturated heterocycles. The van der Waals surface area contributed by atoms with Gasteiger partial charge in [-0.3, -0.25) is 0 Å². The summed E-state index contributed by atoms with van der Waals surface area (Å²) >= 11 is 0. The Kier molecular flexibility index (Phi) is 7.43. The number of rotatable bonds is 8. The molecule has 0 fully saturated rings. The molecule has 1 unspecified atom stereocenters. The summed E-state index contributed by atoms with van der Waals surface area (Å²) in [5, 5.41) is 23.7. The largest absolute Gasteiger partial charge is 0.480 e. The minimum atomic E-state index is -1.51. The molecule has 11 heteroatoms.